The molecule has 0 amide bonds. The summed E-state index contributed by atoms with van der Waals surface area (Å²) >= 11 is 5.54. The minimum Gasteiger partial charge on any atom is -0.399 e. The summed E-state index contributed by atoms with van der Waals surface area (Å²) in [6, 6.07) is 6.84. The lowest BCUT2D eigenvalue weighted by Crippen LogP contribution is -2.39. The molecule has 1 atom stereocenters. The van der Waals surface area contributed by atoms with Crippen LogP contribution in [0.2, 0.25) is 0 Å². The summed E-state index contributed by atoms with van der Waals surface area (Å²) in [5.41, 5.74) is 7.98. The van der Waals surface area contributed by atoms with E-state index in [1.807, 2.05) is 17.8 Å². The van der Waals surface area contributed by atoms with Gasteiger partial charge in [-0.3, -0.25) is 4.90 Å². The van der Waals surface area contributed by atoms with Gasteiger partial charge in [0, 0.05) is 40.8 Å². The van der Waals surface area contributed by atoms with E-state index in [4.69, 9.17) is 5.73 Å². The molecule has 1 aliphatic heterocycles. The van der Waals surface area contributed by atoms with E-state index in [0.717, 1.165) is 16.7 Å². The van der Waals surface area contributed by atoms with Crippen molar-refractivity contribution in [3.8, 4) is 0 Å². The van der Waals surface area contributed by atoms with Crippen LogP contribution in [0, 0.1) is 0 Å². The van der Waals surface area contributed by atoms with E-state index >= 15 is 0 Å². The maximum Gasteiger partial charge on any atom is 0.0328 e. The first-order valence-electron chi connectivity index (χ1n) is 5.52. The van der Waals surface area contributed by atoms with Crippen LogP contribution in [0.15, 0.2) is 22.7 Å². The van der Waals surface area contributed by atoms with Gasteiger partial charge in [-0.1, -0.05) is 15.9 Å². The maximum absolute atomic E-state index is 5.85. The molecule has 1 aromatic carbocycles. The third kappa shape index (κ3) is 3.15. The standard InChI is InChI=1S/C12H17BrN2S/c1-9-8-16-3-2-15(9)7-10-4-11(13)6-12(14)5-10/h4-6,9H,2-3,7-8,14H2,1H3. The largest absolute Gasteiger partial charge is 0.399 e. The minimum atomic E-state index is 0.666. The SMILES string of the molecule is CC1CSCCN1Cc1cc(N)cc(Br)c1. The highest BCUT2D eigenvalue weighted by Gasteiger charge is 2.18. The molecule has 1 saturated heterocycles. The van der Waals surface area contributed by atoms with E-state index < -0.39 is 0 Å². The van der Waals surface area contributed by atoms with Gasteiger partial charge in [0.25, 0.3) is 0 Å². The van der Waals surface area contributed by atoms with Crippen LogP contribution in [0.25, 0.3) is 0 Å². The molecule has 0 saturated carbocycles. The van der Waals surface area contributed by atoms with E-state index in [1.165, 1.54) is 23.6 Å². The van der Waals surface area contributed by atoms with Gasteiger partial charge < -0.3 is 5.73 Å². The van der Waals surface area contributed by atoms with Gasteiger partial charge in [-0.15, -0.1) is 0 Å². The summed E-state index contributed by atoms with van der Waals surface area (Å²) in [6.45, 7) is 4.48. The van der Waals surface area contributed by atoms with Crippen LogP contribution in [0.1, 0.15) is 12.5 Å². The van der Waals surface area contributed by atoms with Gasteiger partial charge in [-0.2, -0.15) is 11.8 Å². The molecule has 1 fully saturated rings. The lowest BCUT2D eigenvalue weighted by atomic mass is 10.1. The summed E-state index contributed by atoms with van der Waals surface area (Å²) in [4.78, 5) is 2.53. The average Bonchev–Trinajstić information content (AvgIpc) is 2.20. The monoisotopic (exact) mass is 300 g/mol. The van der Waals surface area contributed by atoms with Crippen LogP contribution >= 0.6 is 27.7 Å². The molecule has 2 N–H and O–H groups in total. The molecule has 88 valence electrons. The molecular weight excluding hydrogens is 284 g/mol. The van der Waals surface area contributed by atoms with Gasteiger partial charge in [0.05, 0.1) is 0 Å². The number of rotatable bonds is 2. The fourth-order valence-electron chi connectivity index (χ4n) is 2.00. The first-order valence-corrected chi connectivity index (χ1v) is 7.46. The van der Waals surface area contributed by atoms with Crippen molar-refractivity contribution in [2.24, 2.45) is 0 Å². The second kappa shape index (κ2) is 5.43. The molecule has 0 spiro atoms. The molecule has 1 aromatic rings. The second-order valence-electron chi connectivity index (χ2n) is 4.29. The molecule has 4 heteroatoms. The third-order valence-corrected chi connectivity index (χ3v) is 4.52. The minimum absolute atomic E-state index is 0.666. The van der Waals surface area contributed by atoms with Gasteiger partial charge in [0.15, 0.2) is 0 Å². The number of nitrogens with zero attached hydrogens (tertiary/aromatic N) is 1. The highest BCUT2D eigenvalue weighted by Crippen LogP contribution is 2.22. The molecule has 2 nitrogen and oxygen atoms in total. The first-order chi connectivity index (χ1) is 7.65. The topological polar surface area (TPSA) is 29.3 Å². The molecule has 0 radical (unpaired) electrons. The Morgan fingerprint density at radius 1 is 1.50 bits per heavy atom. The zero-order chi connectivity index (χ0) is 11.5. The van der Waals surface area contributed by atoms with Crippen LogP contribution in [-0.4, -0.2) is 29.0 Å². The fourth-order valence-corrected chi connectivity index (χ4v) is 3.64. The van der Waals surface area contributed by atoms with Crippen molar-refractivity contribution in [3.63, 3.8) is 0 Å². The van der Waals surface area contributed by atoms with E-state index in [2.05, 4.69) is 39.9 Å². The number of hydrogen-bond donors (Lipinski definition) is 1. The molecule has 1 unspecified atom stereocenters. The number of hydrogen-bond acceptors (Lipinski definition) is 3. The Bertz CT molecular complexity index is 350. The lowest BCUT2D eigenvalue weighted by molar-refractivity contribution is 0.224. The number of halogens is 1. The van der Waals surface area contributed by atoms with Gasteiger partial charge in [-0.05, 0) is 30.7 Å². The fraction of sp³-hybridized carbons (Fsp3) is 0.500. The zero-order valence-electron chi connectivity index (χ0n) is 9.45. The summed E-state index contributed by atoms with van der Waals surface area (Å²) in [6.07, 6.45) is 0. The smallest absolute Gasteiger partial charge is 0.0328 e. The van der Waals surface area contributed by atoms with Crippen molar-refractivity contribution in [1.29, 1.82) is 0 Å². The number of nitrogens with two attached hydrogens (primary N) is 1. The molecular formula is C12H17BrN2S. The Balaban J connectivity index is 2.07. The Labute approximate surface area is 110 Å². The molecule has 1 heterocycles. The highest BCUT2D eigenvalue weighted by atomic mass is 79.9. The van der Waals surface area contributed by atoms with Crippen LogP contribution in [0.3, 0.4) is 0 Å². The van der Waals surface area contributed by atoms with Crippen LogP contribution in [0.4, 0.5) is 5.69 Å². The van der Waals surface area contributed by atoms with Gasteiger partial charge in [-0.25, -0.2) is 0 Å². The molecule has 2 rings (SSSR count). The quantitative estimate of drug-likeness (QED) is 0.852. The van der Waals surface area contributed by atoms with Crippen molar-refractivity contribution in [2.45, 2.75) is 19.5 Å². The molecule has 16 heavy (non-hydrogen) atoms. The molecule has 0 aliphatic carbocycles. The average molecular weight is 301 g/mol. The van der Waals surface area contributed by atoms with Crippen molar-refractivity contribution in [2.75, 3.05) is 23.8 Å². The molecule has 1 aliphatic rings. The summed E-state index contributed by atoms with van der Waals surface area (Å²) < 4.78 is 1.07. The van der Waals surface area contributed by atoms with Gasteiger partial charge in [0.1, 0.15) is 0 Å². The lowest BCUT2D eigenvalue weighted by Gasteiger charge is -2.33. The van der Waals surface area contributed by atoms with Crippen molar-refractivity contribution < 1.29 is 0 Å². The van der Waals surface area contributed by atoms with Crippen molar-refractivity contribution >= 4 is 33.4 Å². The van der Waals surface area contributed by atoms with E-state index in [0.29, 0.717) is 6.04 Å². The van der Waals surface area contributed by atoms with Crippen LogP contribution in [0.5, 0.6) is 0 Å². The Kier molecular flexibility index (Phi) is 4.16. The predicted molar refractivity (Wildman–Crippen MR) is 75.8 cm³/mol. The zero-order valence-corrected chi connectivity index (χ0v) is 11.9. The Hall–Kier alpha value is -0.190. The predicted octanol–water partition coefficient (Wildman–Crippen LogP) is 2.97. The first kappa shape index (κ1) is 12.3. The van der Waals surface area contributed by atoms with Crippen LogP contribution < -0.4 is 5.73 Å². The van der Waals surface area contributed by atoms with E-state index in [1.54, 1.807) is 0 Å². The van der Waals surface area contributed by atoms with Crippen LogP contribution in [-0.2, 0) is 6.54 Å². The highest BCUT2D eigenvalue weighted by molar-refractivity contribution is 9.10. The maximum atomic E-state index is 5.85. The number of anilines is 1. The number of nitrogen functional groups attached to an aromatic ring is 1. The van der Waals surface area contributed by atoms with Crippen molar-refractivity contribution in [3.05, 3.63) is 28.2 Å². The number of thioether (sulfide) groups is 1. The molecule has 0 bridgehead atoms. The Morgan fingerprint density at radius 2 is 2.31 bits per heavy atom. The Morgan fingerprint density at radius 3 is 3.00 bits per heavy atom. The normalized spacial score (nSPS) is 22.2. The summed E-state index contributed by atoms with van der Waals surface area (Å²) in [5.74, 6) is 2.48. The van der Waals surface area contributed by atoms with Gasteiger partial charge >= 0.3 is 0 Å². The van der Waals surface area contributed by atoms with E-state index in [-0.39, 0.29) is 0 Å². The second-order valence-corrected chi connectivity index (χ2v) is 6.35. The molecule has 0 aromatic heterocycles. The van der Waals surface area contributed by atoms with Crippen molar-refractivity contribution in [1.82, 2.24) is 4.90 Å². The van der Waals surface area contributed by atoms with Gasteiger partial charge in [0.2, 0.25) is 0 Å². The third-order valence-electron chi connectivity index (χ3n) is 2.87. The summed E-state index contributed by atoms with van der Waals surface area (Å²) in [7, 11) is 0. The summed E-state index contributed by atoms with van der Waals surface area (Å²) in [5, 5.41) is 0. The number of benzene rings is 1. The van der Waals surface area contributed by atoms with E-state index in [9.17, 15) is 0 Å².